The lowest BCUT2D eigenvalue weighted by atomic mass is 10.2. The zero-order valence-corrected chi connectivity index (χ0v) is 22.5. The lowest BCUT2D eigenvalue weighted by Gasteiger charge is -2.15. The second-order valence-electron chi connectivity index (χ2n) is 8.92. The minimum Gasteiger partial charge on any atom is -0.351 e. The van der Waals surface area contributed by atoms with Crippen molar-refractivity contribution >= 4 is 44.9 Å². The summed E-state index contributed by atoms with van der Waals surface area (Å²) in [6.07, 6.45) is 5.50. The summed E-state index contributed by atoms with van der Waals surface area (Å²) in [4.78, 5) is 30.2. The van der Waals surface area contributed by atoms with Crippen LogP contribution in [0.2, 0.25) is 5.02 Å². The molecule has 1 saturated heterocycles. The molecule has 4 rings (SSSR count). The van der Waals surface area contributed by atoms with E-state index in [9.17, 15) is 22.4 Å². The van der Waals surface area contributed by atoms with Gasteiger partial charge in [0.2, 0.25) is 0 Å². The van der Waals surface area contributed by atoms with E-state index >= 15 is 0 Å². The van der Waals surface area contributed by atoms with Crippen molar-refractivity contribution in [3.05, 3.63) is 82.9 Å². The Morgan fingerprint density at radius 2 is 1.74 bits per heavy atom. The molecule has 4 N–H and O–H groups in total. The number of pyridine rings is 1. The first kappa shape index (κ1) is 28.3. The predicted molar refractivity (Wildman–Crippen MR) is 147 cm³/mol. The molecule has 0 spiro atoms. The molecule has 0 aliphatic carbocycles. The molecule has 1 aliphatic rings. The molecule has 10 nitrogen and oxygen atoms in total. The molecule has 1 fully saturated rings. The summed E-state index contributed by atoms with van der Waals surface area (Å²) < 4.78 is 42.9. The van der Waals surface area contributed by atoms with Crippen molar-refractivity contribution in [2.45, 2.75) is 24.3 Å². The molecule has 0 bridgehead atoms. The molecule has 39 heavy (non-hydrogen) atoms. The number of hydrogen-bond acceptors (Lipinski definition) is 6. The maximum Gasteiger partial charge on any atom is 0.319 e. The minimum atomic E-state index is -4.40. The first-order chi connectivity index (χ1) is 18.7. The van der Waals surface area contributed by atoms with Gasteiger partial charge in [-0.3, -0.25) is 14.5 Å². The quantitative estimate of drug-likeness (QED) is 0.291. The number of urea groups is 1. The van der Waals surface area contributed by atoms with Gasteiger partial charge in [0, 0.05) is 43.4 Å². The summed E-state index contributed by atoms with van der Waals surface area (Å²) in [7, 11) is -4.40. The first-order valence-corrected chi connectivity index (χ1v) is 14.1. The van der Waals surface area contributed by atoms with E-state index in [0.717, 1.165) is 43.6 Å². The summed E-state index contributed by atoms with van der Waals surface area (Å²) in [6, 6.07) is 10.7. The Hall–Kier alpha value is -3.74. The van der Waals surface area contributed by atoms with Crippen molar-refractivity contribution in [3.63, 3.8) is 0 Å². The number of hydrogen-bond donors (Lipinski definition) is 4. The van der Waals surface area contributed by atoms with Crippen molar-refractivity contribution in [2.24, 2.45) is 0 Å². The normalized spacial score (nSPS) is 13.6. The molecule has 1 aliphatic heterocycles. The van der Waals surface area contributed by atoms with Gasteiger partial charge in [-0.2, -0.15) is 0 Å². The van der Waals surface area contributed by atoms with Crippen LogP contribution in [0.4, 0.5) is 20.6 Å². The van der Waals surface area contributed by atoms with Crippen molar-refractivity contribution in [1.29, 1.82) is 0 Å². The van der Waals surface area contributed by atoms with Gasteiger partial charge in [0.05, 0.1) is 10.6 Å². The van der Waals surface area contributed by atoms with Crippen molar-refractivity contribution in [2.75, 3.05) is 36.2 Å². The molecular formula is C26H28ClFN6O4S. The molecule has 1 aromatic heterocycles. The van der Waals surface area contributed by atoms with E-state index in [4.69, 9.17) is 11.6 Å². The van der Waals surface area contributed by atoms with Crippen LogP contribution < -0.4 is 20.7 Å². The summed E-state index contributed by atoms with van der Waals surface area (Å²) in [5, 5.41) is 7.84. The Bertz CT molecular complexity index is 1420. The zero-order chi connectivity index (χ0) is 27.8. The third-order valence-corrected chi connectivity index (χ3v) is 7.75. The molecule has 0 atom stereocenters. The van der Waals surface area contributed by atoms with E-state index in [2.05, 4.69) is 30.6 Å². The Labute approximate surface area is 231 Å². The van der Waals surface area contributed by atoms with Crippen molar-refractivity contribution in [1.82, 2.24) is 20.5 Å². The lowest BCUT2D eigenvalue weighted by Crippen LogP contribution is -2.33. The van der Waals surface area contributed by atoms with Gasteiger partial charge in [0.1, 0.15) is 10.7 Å². The number of carbonyl (C=O) groups excluding carboxylic acids is 2. The zero-order valence-electron chi connectivity index (χ0n) is 20.9. The second kappa shape index (κ2) is 12.9. The highest BCUT2D eigenvalue weighted by molar-refractivity contribution is 7.92. The highest BCUT2D eigenvalue weighted by Crippen LogP contribution is 2.26. The third-order valence-electron chi connectivity index (χ3n) is 6.04. The summed E-state index contributed by atoms with van der Waals surface area (Å²) >= 11 is 6.06. The van der Waals surface area contributed by atoms with Crippen LogP contribution in [0.15, 0.2) is 65.8 Å². The van der Waals surface area contributed by atoms with Crippen LogP contribution in [0.1, 0.15) is 28.8 Å². The summed E-state index contributed by atoms with van der Waals surface area (Å²) in [5.74, 6) is -1.68. The van der Waals surface area contributed by atoms with Crippen molar-refractivity contribution in [3.8, 4) is 0 Å². The lowest BCUT2D eigenvalue weighted by molar-refractivity contribution is 0.0949. The number of nitrogens with zero attached hydrogens (tertiary/aromatic N) is 2. The fourth-order valence-corrected chi connectivity index (χ4v) is 5.41. The minimum absolute atomic E-state index is 0.127. The number of halogens is 2. The van der Waals surface area contributed by atoms with E-state index in [1.165, 1.54) is 24.3 Å². The van der Waals surface area contributed by atoms with Crippen molar-refractivity contribution < 1.29 is 22.4 Å². The Morgan fingerprint density at radius 3 is 2.44 bits per heavy atom. The van der Waals surface area contributed by atoms with Gasteiger partial charge in [-0.05, 0) is 74.0 Å². The van der Waals surface area contributed by atoms with Gasteiger partial charge in [0.15, 0.2) is 0 Å². The number of carbonyl (C=O) groups is 2. The fourth-order valence-electron chi connectivity index (χ4n) is 4.03. The van der Waals surface area contributed by atoms with Crippen LogP contribution in [0.5, 0.6) is 0 Å². The van der Waals surface area contributed by atoms with Crippen LogP contribution in [-0.2, 0) is 16.6 Å². The molecular weight excluding hydrogens is 547 g/mol. The number of amides is 3. The summed E-state index contributed by atoms with van der Waals surface area (Å²) in [5.41, 5.74) is 1.22. The smallest absolute Gasteiger partial charge is 0.319 e. The molecule has 3 aromatic rings. The number of rotatable bonds is 10. The SMILES string of the molecule is O=C(NCc1cccnc1)Nc1ccc(NS(=O)(=O)c2cc(C(=O)NCCN3CCCC3)c(Cl)cc2F)cc1. The third kappa shape index (κ3) is 7.88. The maximum absolute atomic E-state index is 14.7. The number of aromatic nitrogens is 1. The van der Waals surface area contributed by atoms with Crippen LogP contribution in [0.3, 0.4) is 0 Å². The van der Waals surface area contributed by atoms with Crippen LogP contribution in [0, 0.1) is 5.82 Å². The molecule has 0 unspecified atom stereocenters. The Kier molecular flexibility index (Phi) is 9.33. The molecule has 13 heteroatoms. The van der Waals surface area contributed by atoms with E-state index < -0.39 is 32.7 Å². The standard InChI is InChI=1S/C26H28ClFN6O4S/c27-22-15-23(28)24(14-21(22)25(35)30-10-13-34-11-1-2-12-34)39(37,38)33-20-7-5-19(6-8-20)32-26(36)31-17-18-4-3-9-29-16-18/h3-9,14-16,33H,1-2,10-13,17H2,(H,30,35)(H2,31,32,36). The molecule has 0 radical (unpaired) electrons. The number of anilines is 2. The van der Waals surface area contributed by atoms with Crippen LogP contribution in [-0.4, -0.2) is 56.4 Å². The first-order valence-electron chi connectivity index (χ1n) is 12.3. The average Bonchev–Trinajstić information content (AvgIpc) is 3.42. The predicted octanol–water partition coefficient (Wildman–Crippen LogP) is 3.82. The molecule has 2 heterocycles. The monoisotopic (exact) mass is 574 g/mol. The highest BCUT2D eigenvalue weighted by Gasteiger charge is 2.24. The number of likely N-dealkylation sites (tertiary alicyclic amines) is 1. The van der Waals surface area contributed by atoms with Crippen LogP contribution in [0.25, 0.3) is 0 Å². The highest BCUT2D eigenvalue weighted by atomic mass is 35.5. The van der Waals surface area contributed by atoms with Crippen LogP contribution >= 0.6 is 11.6 Å². The Morgan fingerprint density at radius 1 is 1.03 bits per heavy atom. The van der Waals surface area contributed by atoms with E-state index in [1.54, 1.807) is 18.5 Å². The number of nitrogens with one attached hydrogen (secondary N) is 4. The van der Waals surface area contributed by atoms with Gasteiger partial charge in [-0.15, -0.1) is 0 Å². The van der Waals surface area contributed by atoms with E-state index in [-0.39, 0.29) is 22.8 Å². The molecule has 0 saturated carbocycles. The van der Waals surface area contributed by atoms with Gasteiger partial charge >= 0.3 is 6.03 Å². The van der Waals surface area contributed by atoms with E-state index in [1.807, 2.05) is 6.07 Å². The fraction of sp³-hybridized carbons (Fsp3) is 0.269. The Balaban J connectivity index is 1.37. The van der Waals surface area contributed by atoms with Gasteiger partial charge < -0.3 is 20.9 Å². The maximum atomic E-state index is 14.7. The average molecular weight is 575 g/mol. The largest absolute Gasteiger partial charge is 0.351 e. The molecule has 2 aromatic carbocycles. The van der Waals surface area contributed by atoms with Gasteiger partial charge in [0.25, 0.3) is 15.9 Å². The molecule has 206 valence electrons. The topological polar surface area (TPSA) is 133 Å². The summed E-state index contributed by atoms with van der Waals surface area (Å²) in [6.45, 7) is 3.24. The van der Waals surface area contributed by atoms with E-state index in [0.29, 0.717) is 18.8 Å². The van der Waals surface area contributed by atoms with Gasteiger partial charge in [-0.25, -0.2) is 17.6 Å². The molecule has 3 amide bonds. The second-order valence-corrected chi connectivity index (χ2v) is 11.0. The number of benzene rings is 2. The number of sulfonamides is 1. The van der Waals surface area contributed by atoms with Gasteiger partial charge in [-0.1, -0.05) is 17.7 Å².